The van der Waals surface area contributed by atoms with Gasteiger partial charge in [-0.25, -0.2) is 9.78 Å². The van der Waals surface area contributed by atoms with Crippen LogP contribution in [0.15, 0.2) is 51.1 Å². The van der Waals surface area contributed by atoms with E-state index in [4.69, 9.17) is 9.15 Å². The fourth-order valence-corrected chi connectivity index (χ4v) is 4.48. The van der Waals surface area contributed by atoms with Crippen LogP contribution in [0.4, 0.5) is 5.69 Å². The van der Waals surface area contributed by atoms with E-state index in [1.54, 1.807) is 11.3 Å². The van der Waals surface area contributed by atoms with Gasteiger partial charge in [0.1, 0.15) is 5.75 Å². The first-order valence-corrected chi connectivity index (χ1v) is 10.7. The summed E-state index contributed by atoms with van der Waals surface area (Å²) in [5.74, 6) is 0.481. The van der Waals surface area contributed by atoms with E-state index in [2.05, 4.69) is 25.8 Å². The molecular formula is C21H22N4O3S. The minimum Gasteiger partial charge on any atom is -0.493 e. The number of fused-ring (bicyclic) bond motifs is 2. The molecule has 5 rings (SSSR count). The number of rotatable bonds is 6. The molecule has 1 aliphatic rings. The van der Waals surface area contributed by atoms with Gasteiger partial charge < -0.3 is 14.1 Å². The van der Waals surface area contributed by atoms with Gasteiger partial charge in [-0.3, -0.25) is 9.88 Å². The van der Waals surface area contributed by atoms with Crippen LogP contribution in [0.2, 0.25) is 0 Å². The van der Waals surface area contributed by atoms with Crippen LogP contribution in [0.1, 0.15) is 6.42 Å². The zero-order valence-corrected chi connectivity index (χ0v) is 16.8. The van der Waals surface area contributed by atoms with Crippen LogP contribution >= 0.6 is 11.3 Å². The number of hydrogen-bond donors (Lipinski definition) is 1. The predicted octanol–water partition coefficient (Wildman–Crippen LogP) is 3.32. The number of aromatic nitrogens is 2. The number of oxazole rings is 1. The van der Waals surface area contributed by atoms with Crippen molar-refractivity contribution in [3.63, 3.8) is 0 Å². The summed E-state index contributed by atoms with van der Waals surface area (Å²) in [5.41, 5.74) is 5.25. The molecule has 3 heterocycles. The number of anilines is 1. The van der Waals surface area contributed by atoms with Crippen molar-refractivity contribution in [2.24, 2.45) is 0 Å². The summed E-state index contributed by atoms with van der Waals surface area (Å²) in [5, 5.41) is 0. The number of nitrogens with one attached hydrogen (secondary N) is 1. The summed E-state index contributed by atoms with van der Waals surface area (Å²) >= 11 is 1.64. The van der Waals surface area contributed by atoms with E-state index < -0.39 is 5.76 Å². The van der Waals surface area contributed by atoms with Crippen molar-refractivity contribution in [1.82, 2.24) is 14.9 Å². The second kappa shape index (κ2) is 7.88. The molecule has 7 nitrogen and oxygen atoms in total. The van der Waals surface area contributed by atoms with E-state index in [-0.39, 0.29) is 0 Å². The largest absolute Gasteiger partial charge is 0.493 e. The highest BCUT2D eigenvalue weighted by Gasteiger charge is 2.20. The third-order valence-electron chi connectivity index (χ3n) is 5.33. The van der Waals surface area contributed by atoms with Gasteiger partial charge in [-0.15, -0.1) is 11.3 Å². The molecule has 0 bridgehead atoms. The SMILES string of the molecule is O=c1[nH]c2cccc(N3CCN(CCCOc4ccc5scnc5c4)CC3)c2o1. The van der Waals surface area contributed by atoms with Crippen LogP contribution in [-0.4, -0.2) is 54.2 Å². The van der Waals surface area contributed by atoms with Gasteiger partial charge in [0.25, 0.3) is 0 Å². The first-order valence-electron chi connectivity index (χ1n) is 9.81. The normalized spacial score (nSPS) is 15.4. The van der Waals surface area contributed by atoms with Crippen LogP contribution in [0.5, 0.6) is 5.75 Å². The Morgan fingerprint density at radius 3 is 2.97 bits per heavy atom. The predicted molar refractivity (Wildman–Crippen MR) is 115 cm³/mol. The Kier molecular flexibility index (Phi) is 4.95. The van der Waals surface area contributed by atoms with E-state index >= 15 is 0 Å². The van der Waals surface area contributed by atoms with Crippen molar-refractivity contribution in [2.45, 2.75) is 6.42 Å². The highest BCUT2D eigenvalue weighted by Crippen LogP contribution is 2.26. The highest BCUT2D eigenvalue weighted by atomic mass is 32.1. The maximum atomic E-state index is 11.5. The maximum Gasteiger partial charge on any atom is 0.417 e. The third kappa shape index (κ3) is 3.86. The fraction of sp³-hybridized carbons (Fsp3) is 0.333. The monoisotopic (exact) mass is 410 g/mol. The third-order valence-corrected chi connectivity index (χ3v) is 6.14. The van der Waals surface area contributed by atoms with Crippen molar-refractivity contribution < 1.29 is 9.15 Å². The Balaban J connectivity index is 1.11. The number of nitrogens with zero attached hydrogens (tertiary/aromatic N) is 3. The first-order chi connectivity index (χ1) is 14.3. The van der Waals surface area contributed by atoms with Gasteiger partial charge in [-0.1, -0.05) is 6.07 Å². The van der Waals surface area contributed by atoms with Crippen LogP contribution in [0.25, 0.3) is 21.3 Å². The summed E-state index contributed by atoms with van der Waals surface area (Å²) in [6, 6.07) is 11.9. The van der Waals surface area contributed by atoms with Gasteiger partial charge in [-0.05, 0) is 30.7 Å². The number of ether oxygens (including phenoxy) is 1. The fourth-order valence-electron chi connectivity index (χ4n) is 3.83. The van der Waals surface area contributed by atoms with Crippen molar-refractivity contribution >= 4 is 38.3 Å². The molecule has 1 fully saturated rings. The van der Waals surface area contributed by atoms with E-state index in [0.717, 1.165) is 61.6 Å². The van der Waals surface area contributed by atoms with Gasteiger partial charge in [0, 0.05) is 38.8 Å². The molecule has 0 unspecified atom stereocenters. The number of thiazole rings is 1. The minimum absolute atomic E-state index is 0.403. The average molecular weight is 410 g/mol. The van der Waals surface area contributed by atoms with Crippen LogP contribution in [0.3, 0.4) is 0 Å². The summed E-state index contributed by atoms with van der Waals surface area (Å²) in [6.45, 7) is 5.50. The number of para-hydroxylation sites is 1. The molecule has 0 amide bonds. The smallest absolute Gasteiger partial charge is 0.417 e. The molecule has 0 spiro atoms. The summed E-state index contributed by atoms with van der Waals surface area (Å²) < 4.78 is 12.4. The molecule has 1 N–H and O–H groups in total. The average Bonchev–Trinajstić information content (AvgIpc) is 3.36. The van der Waals surface area contributed by atoms with E-state index in [1.165, 1.54) is 4.70 Å². The zero-order chi connectivity index (χ0) is 19.6. The second-order valence-electron chi connectivity index (χ2n) is 7.18. The number of benzene rings is 2. The van der Waals surface area contributed by atoms with E-state index in [1.807, 2.05) is 35.8 Å². The lowest BCUT2D eigenvalue weighted by Crippen LogP contribution is -2.46. The molecule has 8 heteroatoms. The summed E-state index contributed by atoms with van der Waals surface area (Å²) in [4.78, 5) is 23.3. The summed E-state index contributed by atoms with van der Waals surface area (Å²) in [7, 11) is 0. The van der Waals surface area contributed by atoms with Gasteiger partial charge in [-0.2, -0.15) is 0 Å². The molecule has 2 aromatic carbocycles. The molecule has 0 aliphatic carbocycles. The molecular weight excluding hydrogens is 388 g/mol. The molecule has 4 aromatic rings. The molecule has 29 heavy (non-hydrogen) atoms. The number of aromatic amines is 1. The first kappa shape index (κ1) is 18.2. The van der Waals surface area contributed by atoms with Crippen molar-refractivity contribution in [2.75, 3.05) is 44.2 Å². The van der Waals surface area contributed by atoms with Crippen LogP contribution < -0.4 is 15.4 Å². The maximum absolute atomic E-state index is 11.5. The molecule has 2 aromatic heterocycles. The molecule has 0 radical (unpaired) electrons. The second-order valence-corrected chi connectivity index (χ2v) is 8.07. The Morgan fingerprint density at radius 2 is 2.07 bits per heavy atom. The summed E-state index contributed by atoms with van der Waals surface area (Å²) in [6.07, 6.45) is 0.984. The molecule has 150 valence electrons. The van der Waals surface area contributed by atoms with Crippen LogP contribution in [0, 0.1) is 0 Å². The van der Waals surface area contributed by atoms with E-state index in [9.17, 15) is 4.79 Å². The zero-order valence-electron chi connectivity index (χ0n) is 16.0. The highest BCUT2D eigenvalue weighted by molar-refractivity contribution is 7.16. The van der Waals surface area contributed by atoms with Gasteiger partial charge in [0.15, 0.2) is 5.58 Å². The Morgan fingerprint density at radius 1 is 1.17 bits per heavy atom. The topological polar surface area (TPSA) is 74.6 Å². The lowest BCUT2D eigenvalue weighted by molar-refractivity contribution is 0.225. The minimum atomic E-state index is -0.403. The number of hydrogen-bond acceptors (Lipinski definition) is 7. The van der Waals surface area contributed by atoms with Crippen molar-refractivity contribution in [3.8, 4) is 5.75 Å². The molecule has 1 saturated heterocycles. The van der Waals surface area contributed by atoms with Gasteiger partial charge in [0.2, 0.25) is 0 Å². The lowest BCUT2D eigenvalue weighted by Gasteiger charge is -2.35. The van der Waals surface area contributed by atoms with Gasteiger partial charge >= 0.3 is 5.76 Å². The molecule has 1 aliphatic heterocycles. The number of H-pyrrole nitrogens is 1. The molecule has 0 atom stereocenters. The standard InChI is InChI=1S/C21H22N4O3S/c26-21-23-16-3-1-4-18(20(16)28-21)25-10-8-24(9-11-25)7-2-12-27-15-5-6-19-17(13-15)22-14-29-19/h1,3-6,13-14H,2,7-12H2,(H,23,26). The van der Waals surface area contributed by atoms with Crippen LogP contribution in [-0.2, 0) is 0 Å². The number of piperazine rings is 1. The van der Waals surface area contributed by atoms with Gasteiger partial charge in [0.05, 0.1) is 33.5 Å². The van der Waals surface area contributed by atoms with Crippen molar-refractivity contribution in [1.29, 1.82) is 0 Å². The Labute approximate surface area is 171 Å². The Bertz CT molecular complexity index is 1170. The molecule has 0 saturated carbocycles. The Hall–Kier alpha value is -2.84. The van der Waals surface area contributed by atoms with Crippen molar-refractivity contribution in [3.05, 3.63) is 52.5 Å². The lowest BCUT2D eigenvalue weighted by atomic mass is 10.2. The van der Waals surface area contributed by atoms with E-state index in [0.29, 0.717) is 12.2 Å². The quantitative estimate of drug-likeness (QED) is 0.492.